The molecule has 0 spiro atoms. The SMILES string of the molecule is COC(=O)[C@H](CCCN1C(=O)c2ccc(NC(=O)CNC(=O)C(F)(F)F)cc2C1=O)NC(=O)c1ccc(N(C=O)Cc2cnc3nc(N)nc(N)c3n2)cc1. The molecule has 4 aromatic rings. The molecule has 0 saturated heterocycles. The molecule has 7 N–H and O–H groups in total. The minimum Gasteiger partial charge on any atom is -0.467 e. The van der Waals surface area contributed by atoms with Crippen LogP contribution in [0.3, 0.4) is 0 Å². The maximum absolute atomic E-state index is 13.1. The highest BCUT2D eigenvalue weighted by Gasteiger charge is 2.39. The van der Waals surface area contributed by atoms with Gasteiger partial charge in [0.2, 0.25) is 18.3 Å². The van der Waals surface area contributed by atoms with E-state index in [0.717, 1.165) is 18.1 Å². The first kappa shape index (κ1) is 39.0. The van der Waals surface area contributed by atoms with Crippen molar-refractivity contribution in [3.05, 3.63) is 71.0 Å². The average Bonchev–Trinajstić information content (AvgIpc) is 3.39. The lowest BCUT2D eigenvalue weighted by Gasteiger charge is -2.19. The van der Waals surface area contributed by atoms with Crippen molar-refractivity contribution in [1.29, 1.82) is 0 Å². The minimum atomic E-state index is -5.18. The van der Waals surface area contributed by atoms with Gasteiger partial charge in [0.25, 0.3) is 17.7 Å². The van der Waals surface area contributed by atoms with Crippen LogP contribution in [0.15, 0.2) is 48.7 Å². The van der Waals surface area contributed by atoms with Crippen LogP contribution in [0.25, 0.3) is 11.2 Å². The van der Waals surface area contributed by atoms with Crippen molar-refractivity contribution in [2.24, 2.45) is 0 Å². The molecule has 0 aliphatic carbocycles. The highest BCUT2D eigenvalue weighted by atomic mass is 19.4. The molecule has 6 amide bonds. The number of nitrogens with one attached hydrogen (secondary N) is 3. The lowest BCUT2D eigenvalue weighted by Crippen LogP contribution is -2.42. The van der Waals surface area contributed by atoms with E-state index in [-0.39, 0.29) is 71.2 Å². The van der Waals surface area contributed by atoms with Crippen molar-refractivity contribution in [2.75, 3.05) is 41.9 Å². The zero-order valence-corrected chi connectivity index (χ0v) is 28.5. The van der Waals surface area contributed by atoms with Gasteiger partial charge in [-0.05, 0) is 55.3 Å². The first-order valence-electron chi connectivity index (χ1n) is 16.0. The first-order valence-corrected chi connectivity index (χ1v) is 16.0. The van der Waals surface area contributed by atoms with E-state index in [1.165, 1.54) is 52.8 Å². The number of amides is 6. The van der Waals surface area contributed by atoms with Gasteiger partial charge >= 0.3 is 18.1 Å². The van der Waals surface area contributed by atoms with Crippen molar-refractivity contribution >= 4 is 76.2 Å². The number of hydrogen-bond donors (Lipinski definition) is 5. The van der Waals surface area contributed by atoms with Crippen LogP contribution in [-0.2, 0) is 30.5 Å². The minimum absolute atomic E-state index is 0.00196. The third-order valence-corrected chi connectivity index (χ3v) is 8.01. The van der Waals surface area contributed by atoms with Gasteiger partial charge in [-0.15, -0.1) is 0 Å². The van der Waals surface area contributed by atoms with Gasteiger partial charge in [0.15, 0.2) is 17.0 Å². The number of esters is 1. The number of fused-ring (bicyclic) bond motifs is 2. The summed E-state index contributed by atoms with van der Waals surface area (Å²) in [6.45, 7) is -1.19. The predicted octanol–water partition coefficient (Wildman–Crippen LogP) is 0.712. The molecular formula is C33H30F3N11O8. The number of benzene rings is 2. The molecule has 2 aromatic carbocycles. The fourth-order valence-electron chi connectivity index (χ4n) is 5.35. The summed E-state index contributed by atoms with van der Waals surface area (Å²) in [5.41, 5.74) is 12.6. The van der Waals surface area contributed by atoms with Gasteiger partial charge in [-0.2, -0.15) is 23.1 Å². The van der Waals surface area contributed by atoms with E-state index < -0.39 is 54.3 Å². The monoisotopic (exact) mass is 765 g/mol. The second-order valence-corrected chi connectivity index (χ2v) is 11.7. The van der Waals surface area contributed by atoms with Crippen molar-refractivity contribution in [1.82, 2.24) is 35.5 Å². The Labute approximate surface area is 307 Å². The topological polar surface area (TPSA) is 275 Å². The number of methoxy groups -OCH3 is 1. The summed E-state index contributed by atoms with van der Waals surface area (Å²) in [6, 6.07) is 8.31. The number of nitrogen functional groups attached to an aromatic ring is 2. The Kier molecular flexibility index (Phi) is 11.5. The summed E-state index contributed by atoms with van der Waals surface area (Å²) in [6.07, 6.45) is -3.24. The number of nitrogens with two attached hydrogens (primary N) is 2. The molecule has 22 heteroatoms. The maximum Gasteiger partial charge on any atom is 0.471 e. The van der Waals surface area contributed by atoms with Gasteiger partial charge in [-0.1, -0.05) is 0 Å². The van der Waals surface area contributed by atoms with Gasteiger partial charge < -0.3 is 37.1 Å². The smallest absolute Gasteiger partial charge is 0.467 e. The molecule has 2 aromatic heterocycles. The number of hydrogen-bond acceptors (Lipinski definition) is 14. The molecule has 286 valence electrons. The third kappa shape index (κ3) is 9.04. The number of alkyl halides is 3. The maximum atomic E-state index is 13.1. The standard InChI is InChI=1S/C33H30F3N11O8/c1-55-30(53)22(3-2-10-47-28(51)20-9-6-17(11-21(20)29(47)52)41-23(49)13-40-31(54)33(34,35)36)43-27(50)16-4-7-19(8-5-16)46(15-48)14-18-12-39-26-24(42-18)25(37)44-32(38)45-26/h4-9,11-12,15,22H,2-3,10,13-14H2,1H3,(H,40,54)(H,41,49)(H,43,50)(H4,37,38,39,44,45)/t22-/m0/s1. The van der Waals surface area contributed by atoms with Crippen LogP contribution in [0.4, 0.5) is 36.3 Å². The van der Waals surface area contributed by atoms with Crippen LogP contribution in [0, 0.1) is 0 Å². The molecule has 0 unspecified atom stereocenters. The Bertz CT molecular complexity index is 2200. The van der Waals surface area contributed by atoms with Gasteiger partial charge in [-0.25, -0.2) is 14.8 Å². The summed E-state index contributed by atoms with van der Waals surface area (Å²) >= 11 is 0. The quantitative estimate of drug-likeness (QED) is 0.0672. The number of carbonyl (C=O) groups is 7. The van der Waals surface area contributed by atoms with E-state index in [0.29, 0.717) is 17.8 Å². The second-order valence-electron chi connectivity index (χ2n) is 11.7. The fraction of sp³-hybridized carbons (Fsp3) is 0.242. The number of aromatic nitrogens is 4. The number of imide groups is 1. The summed E-state index contributed by atoms with van der Waals surface area (Å²) in [5.74, 6) is -6.24. The molecule has 5 rings (SSSR count). The van der Waals surface area contributed by atoms with Crippen molar-refractivity contribution in [2.45, 2.75) is 31.6 Å². The molecule has 1 aliphatic heterocycles. The normalized spacial score (nSPS) is 12.8. The number of nitrogens with zero attached hydrogens (tertiary/aromatic N) is 6. The summed E-state index contributed by atoms with van der Waals surface area (Å²) in [7, 11) is 1.12. The zero-order chi connectivity index (χ0) is 40.0. The van der Waals surface area contributed by atoms with Gasteiger partial charge in [0.1, 0.15) is 6.04 Å². The predicted molar refractivity (Wildman–Crippen MR) is 185 cm³/mol. The largest absolute Gasteiger partial charge is 0.471 e. The molecule has 3 heterocycles. The molecule has 0 saturated carbocycles. The summed E-state index contributed by atoms with van der Waals surface area (Å²) in [5, 5.41) is 6.22. The molecule has 0 fully saturated rings. The van der Waals surface area contributed by atoms with E-state index in [2.05, 4.69) is 30.6 Å². The van der Waals surface area contributed by atoms with E-state index in [4.69, 9.17) is 16.2 Å². The lowest BCUT2D eigenvalue weighted by molar-refractivity contribution is -0.173. The third-order valence-electron chi connectivity index (χ3n) is 8.01. The van der Waals surface area contributed by atoms with Gasteiger partial charge in [0, 0.05) is 23.5 Å². The molecular weight excluding hydrogens is 735 g/mol. The molecule has 1 aliphatic rings. The van der Waals surface area contributed by atoms with E-state index in [1.54, 1.807) is 0 Å². The average molecular weight is 766 g/mol. The second kappa shape index (κ2) is 16.2. The molecule has 1 atom stereocenters. The Balaban J connectivity index is 1.16. The molecule has 55 heavy (non-hydrogen) atoms. The fourth-order valence-corrected chi connectivity index (χ4v) is 5.35. The number of rotatable bonds is 14. The number of anilines is 4. The van der Waals surface area contributed by atoms with Crippen molar-refractivity contribution in [3.63, 3.8) is 0 Å². The van der Waals surface area contributed by atoms with Crippen molar-refractivity contribution < 1.29 is 51.5 Å². The molecule has 19 nitrogen and oxygen atoms in total. The Hall–Kier alpha value is -7.26. The highest BCUT2D eigenvalue weighted by Crippen LogP contribution is 2.27. The van der Waals surface area contributed by atoms with Crippen LogP contribution in [0.1, 0.15) is 49.6 Å². The van der Waals surface area contributed by atoms with Crippen LogP contribution in [0.2, 0.25) is 0 Å². The summed E-state index contributed by atoms with van der Waals surface area (Å²) < 4.78 is 41.9. The molecule has 0 radical (unpaired) electrons. The van der Waals surface area contributed by atoms with Crippen LogP contribution >= 0.6 is 0 Å². The van der Waals surface area contributed by atoms with Crippen LogP contribution < -0.4 is 32.3 Å². The zero-order valence-electron chi connectivity index (χ0n) is 28.5. The van der Waals surface area contributed by atoms with E-state index in [9.17, 15) is 46.7 Å². The van der Waals surface area contributed by atoms with E-state index >= 15 is 0 Å². The lowest BCUT2D eigenvalue weighted by atomic mass is 10.1. The van der Waals surface area contributed by atoms with Crippen LogP contribution in [0.5, 0.6) is 0 Å². The Morgan fingerprint density at radius 2 is 1.71 bits per heavy atom. The number of halogens is 3. The van der Waals surface area contributed by atoms with Crippen molar-refractivity contribution in [3.8, 4) is 0 Å². The van der Waals surface area contributed by atoms with Gasteiger partial charge in [-0.3, -0.25) is 33.7 Å². The Morgan fingerprint density at radius 3 is 2.38 bits per heavy atom. The Morgan fingerprint density at radius 1 is 1.00 bits per heavy atom. The number of carbonyl (C=O) groups excluding carboxylic acids is 7. The highest BCUT2D eigenvalue weighted by molar-refractivity contribution is 6.22. The summed E-state index contributed by atoms with van der Waals surface area (Å²) in [4.78, 5) is 105. The van der Waals surface area contributed by atoms with Gasteiger partial charge in [0.05, 0.1) is 43.2 Å². The van der Waals surface area contributed by atoms with Crippen LogP contribution in [-0.4, -0.2) is 99.2 Å². The van der Waals surface area contributed by atoms with E-state index in [1.807, 2.05) is 0 Å². The first-order chi connectivity index (χ1) is 26.1. The molecule has 0 bridgehead atoms. The number of ether oxygens (including phenoxy) is 1.